The molecule has 2 rings (SSSR count). The van der Waals surface area contributed by atoms with E-state index in [1.807, 2.05) is 29.6 Å². The van der Waals surface area contributed by atoms with Crippen LogP contribution in [0.25, 0.3) is 10.1 Å². The first-order chi connectivity index (χ1) is 10.2. The number of amides is 1. The predicted octanol–water partition coefficient (Wildman–Crippen LogP) is 3.67. The molecule has 0 bridgehead atoms. The summed E-state index contributed by atoms with van der Waals surface area (Å²) in [6.07, 6.45) is 3.65. The van der Waals surface area contributed by atoms with Crippen molar-refractivity contribution in [2.24, 2.45) is 0 Å². The standard InChI is InChI=1S/C16H19NO3S/c18-15(19)5-3-1-2-4-9-17-16(20)13-6-7-14-12(11-13)8-10-21-14/h6-8,10-11H,1-5,9H2,(H,17,20)(H,18,19). The first-order valence-electron chi connectivity index (χ1n) is 7.14. The van der Waals surface area contributed by atoms with E-state index in [1.165, 1.54) is 4.70 Å². The van der Waals surface area contributed by atoms with Gasteiger partial charge < -0.3 is 10.4 Å². The zero-order chi connectivity index (χ0) is 15.1. The van der Waals surface area contributed by atoms with Gasteiger partial charge in [0.1, 0.15) is 0 Å². The topological polar surface area (TPSA) is 66.4 Å². The van der Waals surface area contributed by atoms with Crippen LogP contribution in [0.3, 0.4) is 0 Å². The van der Waals surface area contributed by atoms with Crippen molar-refractivity contribution >= 4 is 33.3 Å². The van der Waals surface area contributed by atoms with Crippen LogP contribution in [0.2, 0.25) is 0 Å². The summed E-state index contributed by atoms with van der Waals surface area (Å²) in [6, 6.07) is 7.75. The second-order valence-corrected chi connectivity index (χ2v) is 5.93. The molecule has 1 aromatic carbocycles. The monoisotopic (exact) mass is 305 g/mol. The van der Waals surface area contributed by atoms with Crippen molar-refractivity contribution in [1.29, 1.82) is 0 Å². The molecule has 0 aliphatic heterocycles. The van der Waals surface area contributed by atoms with Crippen LogP contribution in [0, 0.1) is 0 Å². The highest BCUT2D eigenvalue weighted by atomic mass is 32.1. The van der Waals surface area contributed by atoms with Crippen molar-refractivity contribution in [1.82, 2.24) is 5.32 Å². The first-order valence-corrected chi connectivity index (χ1v) is 8.02. The molecular weight excluding hydrogens is 286 g/mol. The molecule has 0 unspecified atom stereocenters. The zero-order valence-corrected chi connectivity index (χ0v) is 12.6. The third-order valence-electron chi connectivity index (χ3n) is 3.32. The van der Waals surface area contributed by atoms with Gasteiger partial charge in [-0.2, -0.15) is 0 Å². The van der Waals surface area contributed by atoms with Crippen LogP contribution in [-0.2, 0) is 4.79 Å². The van der Waals surface area contributed by atoms with Crippen LogP contribution in [0.1, 0.15) is 42.5 Å². The molecule has 0 spiro atoms. The number of benzene rings is 1. The summed E-state index contributed by atoms with van der Waals surface area (Å²) >= 11 is 1.67. The van der Waals surface area contributed by atoms with Crippen LogP contribution in [0.15, 0.2) is 29.6 Å². The summed E-state index contributed by atoms with van der Waals surface area (Å²) in [5.74, 6) is -0.791. The van der Waals surface area contributed by atoms with Gasteiger partial charge in [-0.05, 0) is 47.9 Å². The molecule has 0 saturated carbocycles. The Morgan fingerprint density at radius 1 is 1.10 bits per heavy atom. The van der Waals surface area contributed by atoms with E-state index < -0.39 is 5.97 Å². The van der Waals surface area contributed by atoms with Crippen LogP contribution in [-0.4, -0.2) is 23.5 Å². The zero-order valence-electron chi connectivity index (χ0n) is 11.8. The van der Waals surface area contributed by atoms with Crippen molar-refractivity contribution in [3.05, 3.63) is 35.2 Å². The van der Waals surface area contributed by atoms with Crippen molar-refractivity contribution in [3.8, 4) is 0 Å². The van der Waals surface area contributed by atoms with E-state index in [0.717, 1.165) is 24.6 Å². The predicted molar refractivity (Wildman–Crippen MR) is 84.9 cm³/mol. The lowest BCUT2D eigenvalue weighted by atomic mass is 10.1. The second-order valence-electron chi connectivity index (χ2n) is 4.99. The molecule has 0 radical (unpaired) electrons. The summed E-state index contributed by atoms with van der Waals surface area (Å²) < 4.78 is 1.19. The molecule has 4 nitrogen and oxygen atoms in total. The van der Waals surface area contributed by atoms with Gasteiger partial charge in [0.25, 0.3) is 5.91 Å². The Morgan fingerprint density at radius 2 is 1.90 bits per heavy atom. The van der Waals surface area contributed by atoms with Crippen LogP contribution < -0.4 is 5.32 Å². The minimum absolute atomic E-state index is 0.0476. The summed E-state index contributed by atoms with van der Waals surface area (Å²) in [6.45, 7) is 0.633. The highest BCUT2D eigenvalue weighted by molar-refractivity contribution is 7.17. The van der Waals surface area contributed by atoms with Gasteiger partial charge in [0.05, 0.1) is 0 Å². The third-order valence-corrected chi connectivity index (χ3v) is 4.22. The number of nitrogens with one attached hydrogen (secondary N) is 1. The minimum atomic E-state index is -0.743. The fourth-order valence-electron chi connectivity index (χ4n) is 2.17. The SMILES string of the molecule is O=C(O)CCCCCCNC(=O)c1ccc2sccc2c1. The number of aliphatic carboxylic acids is 1. The average molecular weight is 305 g/mol. The van der Waals surface area contributed by atoms with Gasteiger partial charge in [-0.3, -0.25) is 9.59 Å². The number of rotatable bonds is 8. The lowest BCUT2D eigenvalue weighted by Gasteiger charge is -2.05. The Morgan fingerprint density at radius 3 is 2.71 bits per heavy atom. The lowest BCUT2D eigenvalue weighted by molar-refractivity contribution is -0.137. The largest absolute Gasteiger partial charge is 0.481 e. The number of carboxylic acids is 1. The van der Waals surface area contributed by atoms with Gasteiger partial charge in [-0.1, -0.05) is 12.8 Å². The number of thiophene rings is 1. The molecule has 2 N–H and O–H groups in total. The molecular formula is C16H19NO3S. The Hall–Kier alpha value is -1.88. The molecule has 112 valence electrons. The highest BCUT2D eigenvalue weighted by Crippen LogP contribution is 2.21. The third kappa shape index (κ3) is 4.86. The maximum absolute atomic E-state index is 12.0. The van der Waals surface area contributed by atoms with Gasteiger partial charge in [0, 0.05) is 23.2 Å². The summed E-state index contributed by atoms with van der Waals surface area (Å²) in [4.78, 5) is 22.4. The number of carboxylic acid groups (broad SMARTS) is 1. The van der Waals surface area contributed by atoms with Crippen molar-refractivity contribution in [2.75, 3.05) is 6.54 Å². The highest BCUT2D eigenvalue weighted by Gasteiger charge is 2.06. The van der Waals surface area contributed by atoms with E-state index in [-0.39, 0.29) is 12.3 Å². The molecule has 5 heteroatoms. The minimum Gasteiger partial charge on any atom is -0.481 e. The number of carbonyl (C=O) groups excluding carboxylic acids is 1. The normalized spacial score (nSPS) is 10.7. The Labute approximate surface area is 127 Å². The fraction of sp³-hybridized carbons (Fsp3) is 0.375. The summed E-state index contributed by atoms with van der Waals surface area (Å²) in [5.41, 5.74) is 0.687. The Balaban J connectivity index is 1.68. The van der Waals surface area contributed by atoms with Gasteiger partial charge in [-0.25, -0.2) is 0 Å². The van der Waals surface area contributed by atoms with Crippen molar-refractivity contribution in [2.45, 2.75) is 32.1 Å². The molecule has 1 aromatic heterocycles. The number of fused-ring (bicyclic) bond motifs is 1. The van der Waals surface area contributed by atoms with Crippen LogP contribution in [0.4, 0.5) is 0 Å². The fourth-order valence-corrected chi connectivity index (χ4v) is 2.94. The maximum Gasteiger partial charge on any atom is 0.303 e. The van der Waals surface area contributed by atoms with Gasteiger partial charge >= 0.3 is 5.97 Å². The maximum atomic E-state index is 12.0. The number of hydrogen-bond acceptors (Lipinski definition) is 3. The average Bonchev–Trinajstić information content (AvgIpc) is 2.93. The van der Waals surface area contributed by atoms with Crippen molar-refractivity contribution < 1.29 is 14.7 Å². The Kier molecular flexibility index (Phi) is 5.75. The molecule has 0 fully saturated rings. The summed E-state index contributed by atoms with van der Waals surface area (Å²) in [5, 5.41) is 14.5. The summed E-state index contributed by atoms with van der Waals surface area (Å²) in [7, 11) is 0. The van der Waals surface area contributed by atoms with E-state index in [1.54, 1.807) is 11.3 Å². The molecule has 0 atom stereocenters. The van der Waals surface area contributed by atoms with E-state index >= 15 is 0 Å². The van der Waals surface area contributed by atoms with E-state index in [4.69, 9.17) is 5.11 Å². The van der Waals surface area contributed by atoms with Gasteiger partial charge in [-0.15, -0.1) is 11.3 Å². The molecule has 0 saturated heterocycles. The molecule has 1 heterocycles. The lowest BCUT2D eigenvalue weighted by Crippen LogP contribution is -2.24. The van der Waals surface area contributed by atoms with E-state index in [0.29, 0.717) is 18.5 Å². The van der Waals surface area contributed by atoms with Crippen LogP contribution >= 0.6 is 11.3 Å². The number of carbonyl (C=O) groups is 2. The Bertz CT molecular complexity index is 621. The van der Waals surface area contributed by atoms with E-state index in [2.05, 4.69) is 5.32 Å². The number of unbranched alkanes of at least 4 members (excludes halogenated alkanes) is 3. The van der Waals surface area contributed by atoms with Gasteiger partial charge in [0.2, 0.25) is 0 Å². The molecule has 0 aliphatic carbocycles. The second kappa shape index (κ2) is 7.78. The molecule has 2 aromatic rings. The van der Waals surface area contributed by atoms with Crippen molar-refractivity contribution in [3.63, 3.8) is 0 Å². The molecule has 0 aliphatic rings. The van der Waals surface area contributed by atoms with Crippen LogP contribution in [0.5, 0.6) is 0 Å². The smallest absolute Gasteiger partial charge is 0.303 e. The van der Waals surface area contributed by atoms with Gasteiger partial charge in [0.15, 0.2) is 0 Å². The number of hydrogen-bond donors (Lipinski definition) is 2. The quantitative estimate of drug-likeness (QED) is 0.731. The molecule has 1 amide bonds. The molecule has 21 heavy (non-hydrogen) atoms. The van der Waals surface area contributed by atoms with E-state index in [9.17, 15) is 9.59 Å². The first kappa shape index (κ1) is 15.5.